The van der Waals surface area contributed by atoms with E-state index in [1.165, 1.54) is 42.5 Å². The smallest absolute Gasteiger partial charge is 0.263 e. The van der Waals surface area contributed by atoms with Crippen LogP contribution in [0.4, 0.5) is 11.4 Å². The van der Waals surface area contributed by atoms with Crippen molar-refractivity contribution in [3.63, 3.8) is 0 Å². The fraction of sp³-hybridized carbons (Fsp3) is 0.0500. The van der Waals surface area contributed by atoms with Crippen LogP contribution in [0.3, 0.4) is 0 Å². The zero-order valence-electron chi connectivity index (χ0n) is 15.1. The molecule has 3 aromatic carbocycles. The van der Waals surface area contributed by atoms with Gasteiger partial charge in [-0.2, -0.15) is 0 Å². The molecule has 0 spiro atoms. The number of hydrogen-bond donors (Lipinski definition) is 2. The topological polar surface area (TPSA) is 84.5 Å². The molecular weight excluding hydrogens is 435 g/mol. The minimum atomic E-state index is -3.93. The summed E-state index contributed by atoms with van der Waals surface area (Å²) in [6.45, 7) is 0. The fourth-order valence-electron chi connectivity index (χ4n) is 2.46. The molecule has 0 aromatic heterocycles. The average Bonchev–Trinajstić information content (AvgIpc) is 2.70. The van der Waals surface area contributed by atoms with Gasteiger partial charge in [-0.25, -0.2) is 8.42 Å². The molecule has 0 aliphatic rings. The molecule has 0 saturated heterocycles. The first-order valence-corrected chi connectivity index (χ1v) is 10.6. The van der Waals surface area contributed by atoms with Crippen molar-refractivity contribution in [2.24, 2.45) is 0 Å². The predicted octanol–water partition coefficient (Wildman–Crippen LogP) is 5.06. The van der Waals surface area contributed by atoms with Crippen molar-refractivity contribution in [2.45, 2.75) is 4.90 Å². The van der Waals surface area contributed by atoms with Crippen LogP contribution < -0.4 is 14.8 Å². The zero-order valence-corrected chi connectivity index (χ0v) is 17.5. The summed E-state index contributed by atoms with van der Waals surface area (Å²) in [4.78, 5) is 12.2. The van der Waals surface area contributed by atoms with E-state index >= 15 is 0 Å². The van der Waals surface area contributed by atoms with E-state index in [1.807, 2.05) is 0 Å². The van der Waals surface area contributed by atoms with Gasteiger partial charge in [0.25, 0.3) is 15.9 Å². The van der Waals surface area contributed by atoms with Crippen LogP contribution in [0.25, 0.3) is 0 Å². The number of carbonyl (C=O) groups excluding carboxylic acids is 1. The van der Waals surface area contributed by atoms with E-state index in [0.29, 0.717) is 17.0 Å². The molecule has 0 bridgehead atoms. The lowest BCUT2D eigenvalue weighted by molar-refractivity contribution is 0.102. The van der Waals surface area contributed by atoms with Gasteiger partial charge in [0.05, 0.1) is 12.1 Å². The molecule has 0 saturated carbocycles. The third-order valence-electron chi connectivity index (χ3n) is 3.93. The number of methoxy groups -OCH3 is 1. The predicted molar refractivity (Wildman–Crippen MR) is 115 cm³/mol. The molecule has 0 fully saturated rings. The highest BCUT2D eigenvalue weighted by molar-refractivity contribution is 7.92. The summed E-state index contributed by atoms with van der Waals surface area (Å²) < 4.78 is 32.6. The minimum absolute atomic E-state index is 0.0531. The zero-order chi connectivity index (χ0) is 21.0. The highest BCUT2D eigenvalue weighted by Crippen LogP contribution is 2.27. The molecule has 0 aliphatic carbocycles. The van der Waals surface area contributed by atoms with E-state index in [2.05, 4.69) is 10.0 Å². The van der Waals surface area contributed by atoms with Gasteiger partial charge < -0.3 is 10.1 Å². The maximum atomic E-state index is 12.5. The van der Waals surface area contributed by atoms with Gasteiger partial charge >= 0.3 is 0 Å². The van der Waals surface area contributed by atoms with Crippen molar-refractivity contribution in [1.29, 1.82) is 0 Å². The van der Waals surface area contributed by atoms with Gasteiger partial charge in [-0.15, -0.1) is 0 Å². The Hall–Kier alpha value is -2.74. The maximum absolute atomic E-state index is 12.5. The SMILES string of the molecule is COc1ccc(NC(=O)c2ccc(NS(=O)(=O)c3cc(Cl)ccc3Cl)cc2)cc1. The van der Waals surface area contributed by atoms with Gasteiger partial charge in [0.1, 0.15) is 10.6 Å². The molecule has 2 N–H and O–H groups in total. The van der Waals surface area contributed by atoms with E-state index in [0.717, 1.165) is 0 Å². The normalized spacial score (nSPS) is 11.0. The second-order valence-corrected chi connectivity index (χ2v) is 8.43. The van der Waals surface area contributed by atoms with Crippen molar-refractivity contribution in [1.82, 2.24) is 0 Å². The van der Waals surface area contributed by atoms with Gasteiger partial charge in [-0.05, 0) is 66.7 Å². The third kappa shape index (κ3) is 5.20. The van der Waals surface area contributed by atoms with Crippen LogP contribution in [-0.2, 0) is 10.0 Å². The molecule has 0 unspecified atom stereocenters. The Bertz CT molecular complexity index is 1130. The second kappa shape index (κ2) is 8.73. The Morgan fingerprint density at radius 1 is 0.897 bits per heavy atom. The molecule has 3 rings (SSSR count). The number of rotatable bonds is 6. The molecule has 0 aliphatic heterocycles. The van der Waals surface area contributed by atoms with E-state index in [1.54, 1.807) is 31.4 Å². The van der Waals surface area contributed by atoms with Gasteiger partial charge in [0.2, 0.25) is 0 Å². The van der Waals surface area contributed by atoms with Crippen LogP contribution in [0, 0.1) is 0 Å². The van der Waals surface area contributed by atoms with E-state index in [-0.39, 0.29) is 26.5 Å². The largest absolute Gasteiger partial charge is 0.497 e. The summed E-state index contributed by atoms with van der Waals surface area (Å²) in [5.74, 6) is 0.349. The fourth-order valence-corrected chi connectivity index (χ4v) is 4.28. The monoisotopic (exact) mass is 450 g/mol. The van der Waals surface area contributed by atoms with Crippen molar-refractivity contribution >= 4 is 50.5 Å². The Kier molecular flexibility index (Phi) is 6.32. The summed E-state index contributed by atoms with van der Waals surface area (Å²) in [5.41, 5.74) is 1.25. The van der Waals surface area contributed by atoms with Crippen LogP contribution >= 0.6 is 23.2 Å². The summed E-state index contributed by atoms with van der Waals surface area (Å²) >= 11 is 11.8. The van der Waals surface area contributed by atoms with Crippen molar-refractivity contribution in [2.75, 3.05) is 17.1 Å². The number of amides is 1. The lowest BCUT2D eigenvalue weighted by Crippen LogP contribution is -2.14. The number of anilines is 2. The molecule has 9 heteroatoms. The summed E-state index contributed by atoms with van der Waals surface area (Å²) in [6.07, 6.45) is 0. The number of ether oxygens (including phenoxy) is 1. The Labute approximate surface area is 178 Å². The highest BCUT2D eigenvalue weighted by atomic mass is 35.5. The molecule has 150 valence electrons. The van der Waals surface area contributed by atoms with Gasteiger partial charge in [0.15, 0.2) is 0 Å². The number of halogens is 2. The summed E-state index contributed by atoms with van der Waals surface area (Å²) in [6, 6.07) is 17.1. The van der Waals surface area contributed by atoms with E-state index in [4.69, 9.17) is 27.9 Å². The third-order valence-corrected chi connectivity index (χ3v) is 6.03. The molecule has 0 heterocycles. The van der Waals surface area contributed by atoms with Gasteiger partial charge in [-0.1, -0.05) is 23.2 Å². The first-order valence-electron chi connectivity index (χ1n) is 8.32. The molecule has 0 atom stereocenters. The number of carbonyl (C=O) groups is 1. The summed E-state index contributed by atoms with van der Waals surface area (Å²) in [5, 5.41) is 3.05. The molecule has 1 amide bonds. The minimum Gasteiger partial charge on any atom is -0.497 e. The van der Waals surface area contributed by atoms with Crippen LogP contribution in [0.2, 0.25) is 10.0 Å². The Morgan fingerprint density at radius 3 is 2.14 bits per heavy atom. The van der Waals surface area contributed by atoms with Crippen LogP contribution in [-0.4, -0.2) is 21.4 Å². The summed E-state index contributed by atoms with van der Waals surface area (Å²) in [7, 11) is -2.37. The standard InChI is InChI=1S/C20H16Cl2N2O4S/c1-28-17-9-7-15(8-10-17)23-20(25)13-2-5-16(6-3-13)24-29(26,27)19-12-14(21)4-11-18(19)22/h2-12,24H,1H3,(H,23,25). The quantitative estimate of drug-likeness (QED) is 0.549. The first kappa shape index (κ1) is 21.0. The molecule has 0 radical (unpaired) electrons. The van der Waals surface area contributed by atoms with Crippen LogP contribution in [0.1, 0.15) is 10.4 Å². The Balaban J connectivity index is 1.72. The van der Waals surface area contributed by atoms with E-state index in [9.17, 15) is 13.2 Å². The second-order valence-electron chi connectivity index (χ2n) is 5.94. The highest BCUT2D eigenvalue weighted by Gasteiger charge is 2.19. The first-order chi connectivity index (χ1) is 13.8. The van der Waals surface area contributed by atoms with Gasteiger partial charge in [0, 0.05) is 22.0 Å². The molecule has 29 heavy (non-hydrogen) atoms. The van der Waals surface area contributed by atoms with Crippen molar-refractivity contribution in [3.05, 3.63) is 82.3 Å². The lowest BCUT2D eigenvalue weighted by atomic mass is 10.2. The number of sulfonamides is 1. The number of nitrogens with one attached hydrogen (secondary N) is 2. The Morgan fingerprint density at radius 2 is 1.52 bits per heavy atom. The van der Waals surface area contributed by atoms with E-state index < -0.39 is 10.0 Å². The average molecular weight is 451 g/mol. The maximum Gasteiger partial charge on any atom is 0.263 e. The van der Waals surface area contributed by atoms with Crippen LogP contribution in [0.15, 0.2) is 71.6 Å². The molecule has 6 nitrogen and oxygen atoms in total. The lowest BCUT2D eigenvalue weighted by Gasteiger charge is -2.11. The van der Waals surface area contributed by atoms with Gasteiger partial charge in [-0.3, -0.25) is 9.52 Å². The number of benzene rings is 3. The van der Waals surface area contributed by atoms with Crippen molar-refractivity contribution < 1.29 is 17.9 Å². The van der Waals surface area contributed by atoms with Crippen molar-refractivity contribution in [3.8, 4) is 5.75 Å². The molecular formula is C20H16Cl2N2O4S. The molecule has 3 aromatic rings. The number of hydrogen-bond acceptors (Lipinski definition) is 4. The van der Waals surface area contributed by atoms with Crippen LogP contribution in [0.5, 0.6) is 5.75 Å².